The molecule has 21 heavy (non-hydrogen) atoms. The van der Waals surface area contributed by atoms with Gasteiger partial charge in [0.2, 0.25) is 5.91 Å². The summed E-state index contributed by atoms with van der Waals surface area (Å²) in [6.07, 6.45) is 2.15. The number of hydrogen-bond acceptors (Lipinski definition) is 2. The molecule has 0 bridgehead atoms. The molecule has 2 aliphatic heterocycles. The Morgan fingerprint density at radius 2 is 1.81 bits per heavy atom. The van der Waals surface area contributed by atoms with Gasteiger partial charge in [-0.15, -0.1) is 0 Å². The maximum Gasteiger partial charge on any atom is 0.255 e. The Labute approximate surface area is 125 Å². The van der Waals surface area contributed by atoms with Crippen molar-refractivity contribution in [3.63, 3.8) is 0 Å². The van der Waals surface area contributed by atoms with Gasteiger partial charge in [-0.05, 0) is 30.4 Å². The van der Waals surface area contributed by atoms with Crippen molar-refractivity contribution in [1.29, 1.82) is 0 Å². The molecule has 0 radical (unpaired) electrons. The largest absolute Gasteiger partial charge is 0.341 e. The van der Waals surface area contributed by atoms with Crippen LogP contribution < -0.4 is 0 Å². The first kappa shape index (κ1) is 14.1. The molecule has 112 valence electrons. The van der Waals surface area contributed by atoms with Gasteiger partial charge in [0.25, 0.3) is 5.91 Å². The monoisotopic (exact) mass is 286 g/mol. The smallest absolute Gasteiger partial charge is 0.255 e. The van der Waals surface area contributed by atoms with Gasteiger partial charge in [0.05, 0.1) is 0 Å². The highest BCUT2D eigenvalue weighted by Gasteiger charge is 2.39. The van der Waals surface area contributed by atoms with Crippen LogP contribution in [0.4, 0.5) is 0 Å². The fourth-order valence-electron chi connectivity index (χ4n) is 3.40. The van der Waals surface area contributed by atoms with Crippen LogP contribution in [0.25, 0.3) is 0 Å². The third-order valence-electron chi connectivity index (χ3n) is 4.49. The second-order valence-electron chi connectivity index (χ2n) is 6.31. The number of nitrogens with zero attached hydrogens (tertiary/aromatic N) is 2. The van der Waals surface area contributed by atoms with Crippen LogP contribution in [0, 0.1) is 5.92 Å². The molecule has 1 aromatic carbocycles. The van der Waals surface area contributed by atoms with Gasteiger partial charge >= 0.3 is 0 Å². The number of amides is 2. The molecule has 4 heteroatoms. The second kappa shape index (κ2) is 5.51. The van der Waals surface area contributed by atoms with E-state index in [9.17, 15) is 9.59 Å². The fourth-order valence-corrected chi connectivity index (χ4v) is 3.40. The number of rotatable bonds is 3. The van der Waals surface area contributed by atoms with Crippen molar-refractivity contribution in [2.75, 3.05) is 13.1 Å². The zero-order chi connectivity index (χ0) is 15.0. The van der Waals surface area contributed by atoms with Gasteiger partial charge in [0.1, 0.15) is 6.04 Å². The summed E-state index contributed by atoms with van der Waals surface area (Å²) in [5.41, 5.74) is 1.78. The van der Waals surface area contributed by atoms with E-state index in [2.05, 4.69) is 0 Å². The van der Waals surface area contributed by atoms with Crippen LogP contribution >= 0.6 is 0 Å². The Morgan fingerprint density at radius 1 is 1.14 bits per heavy atom. The van der Waals surface area contributed by atoms with Crippen molar-refractivity contribution in [2.45, 2.75) is 39.3 Å². The van der Waals surface area contributed by atoms with Crippen molar-refractivity contribution in [3.8, 4) is 0 Å². The average Bonchev–Trinajstić information content (AvgIpc) is 3.09. The molecule has 0 N–H and O–H groups in total. The molecule has 2 heterocycles. The van der Waals surface area contributed by atoms with Gasteiger partial charge in [0, 0.05) is 25.2 Å². The zero-order valence-electron chi connectivity index (χ0n) is 12.7. The van der Waals surface area contributed by atoms with Crippen LogP contribution in [0.3, 0.4) is 0 Å². The Balaban J connectivity index is 1.86. The number of benzene rings is 1. The van der Waals surface area contributed by atoms with Crippen LogP contribution in [0.2, 0.25) is 0 Å². The number of fused-ring (bicyclic) bond motifs is 1. The highest BCUT2D eigenvalue weighted by atomic mass is 16.2. The molecule has 1 atom stereocenters. The molecule has 0 spiro atoms. The van der Waals surface area contributed by atoms with E-state index in [4.69, 9.17) is 0 Å². The lowest BCUT2D eigenvalue weighted by molar-refractivity contribution is -0.136. The van der Waals surface area contributed by atoms with Crippen LogP contribution in [-0.2, 0) is 11.3 Å². The average molecular weight is 286 g/mol. The van der Waals surface area contributed by atoms with Crippen LogP contribution in [0.5, 0.6) is 0 Å². The predicted molar refractivity (Wildman–Crippen MR) is 80.8 cm³/mol. The van der Waals surface area contributed by atoms with Crippen LogP contribution in [0.15, 0.2) is 24.3 Å². The second-order valence-corrected chi connectivity index (χ2v) is 6.31. The van der Waals surface area contributed by atoms with Crippen LogP contribution in [-0.4, -0.2) is 40.7 Å². The standard InChI is InChI=1S/C17H22N2O2/c1-12(2)15(17(21)18-9-5-6-10-18)19-11-13-7-3-4-8-14(13)16(19)20/h3-4,7-8,12,15H,5-6,9-11H2,1-2H3. The molecule has 1 fully saturated rings. The van der Waals surface area contributed by atoms with E-state index in [-0.39, 0.29) is 23.8 Å². The van der Waals surface area contributed by atoms with Crippen molar-refractivity contribution in [2.24, 2.45) is 5.92 Å². The lowest BCUT2D eigenvalue weighted by atomic mass is 10.0. The first-order chi connectivity index (χ1) is 10.1. The van der Waals surface area contributed by atoms with E-state index >= 15 is 0 Å². The van der Waals surface area contributed by atoms with E-state index in [1.165, 1.54) is 0 Å². The molecule has 0 aliphatic carbocycles. The fraction of sp³-hybridized carbons (Fsp3) is 0.529. The van der Waals surface area contributed by atoms with E-state index in [0.29, 0.717) is 6.54 Å². The Bertz CT molecular complexity index is 562. The van der Waals surface area contributed by atoms with Crippen molar-refractivity contribution in [3.05, 3.63) is 35.4 Å². The van der Waals surface area contributed by atoms with E-state index in [0.717, 1.165) is 37.1 Å². The molecule has 1 saturated heterocycles. The topological polar surface area (TPSA) is 40.6 Å². The molecular formula is C17H22N2O2. The summed E-state index contributed by atoms with van der Waals surface area (Å²) < 4.78 is 0. The minimum Gasteiger partial charge on any atom is -0.341 e. The number of carbonyl (C=O) groups is 2. The summed E-state index contributed by atoms with van der Waals surface area (Å²) in [5.74, 6) is 0.233. The van der Waals surface area contributed by atoms with Gasteiger partial charge in [0.15, 0.2) is 0 Å². The third-order valence-corrected chi connectivity index (χ3v) is 4.49. The molecule has 2 aliphatic rings. The zero-order valence-corrected chi connectivity index (χ0v) is 12.7. The summed E-state index contributed by atoms with van der Waals surface area (Å²) >= 11 is 0. The number of carbonyl (C=O) groups excluding carboxylic acids is 2. The summed E-state index contributed by atoms with van der Waals surface area (Å²) in [6, 6.07) is 7.32. The SMILES string of the molecule is CC(C)C(C(=O)N1CCCC1)N1Cc2ccccc2C1=O. The minimum atomic E-state index is -0.344. The lowest BCUT2D eigenvalue weighted by Crippen LogP contribution is -2.50. The molecule has 0 saturated carbocycles. The summed E-state index contributed by atoms with van der Waals surface area (Å²) in [5, 5.41) is 0. The summed E-state index contributed by atoms with van der Waals surface area (Å²) in [7, 11) is 0. The van der Waals surface area contributed by atoms with Crippen LogP contribution in [0.1, 0.15) is 42.6 Å². The molecule has 1 unspecified atom stereocenters. The molecular weight excluding hydrogens is 264 g/mol. The Hall–Kier alpha value is -1.84. The van der Waals surface area contributed by atoms with Gasteiger partial charge in [-0.3, -0.25) is 9.59 Å². The quantitative estimate of drug-likeness (QED) is 0.855. The number of hydrogen-bond donors (Lipinski definition) is 0. The highest BCUT2D eigenvalue weighted by molar-refractivity contribution is 6.01. The van der Waals surface area contributed by atoms with E-state index in [1.54, 1.807) is 4.90 Å². The molecule has 2 amide bonds. The summed E-state index contributed by atoms with van der Waals surface area (Å²) in [6.45, 7) is 6.26. The normalized spacial score (nSPS) is 19.3. The van der Waals surface area contributed by atoms with E-state index in [1.807, 2.05) is 43.0 Å². The molecule has 0 aromatic heterocycles. The summed E-state index contributed by atoms with van der Waals surface area (Å²) in [4.78, 5) is 29.1. The van der Waals surface area contributed by atoms with Gasteiger partial charge < -0.3 is 9.80 Å². The Kier molecular flexibility index (Phi) is 3.70. The number of likely N-dealkylation sites (tertiary alicyclic amines) is 1. The van der Waals surface area contributed by atoms with Gasteiger partial charge in [-0.1, -0.05) is 32.0 Å². The predicted octanol–water partition coefficient (Wildman–Crippen LogP) is 2.29. The molecule has 3 rings (SSSR count). The van der Waals surface area contributed by atoms with Gasteiger partial charge in [-0.25, -0.2) is 0 Å². The van der Waals surface area contributed by atoms with Crippen molar-refractivity contribution >= 4 is 11.8 Å². The first-order valence-corrected chi connectivity index (χ1v) is 7.77. The maximum absolute atomic E-state index is 12.8. The highest BCUT2D eigenvalue weighted by Crippen LogP contribution is 2.28. The third kappa shape index (κ3) is 2.43. The molecule has 4 nitrogen and oxygen atoms in total. The van der Waals surface area contributed by atoms with Gasteiger partial charge in [-0.2, -0.15) is 0 Å². The molecule has 1 aromatic rings. The van der Waals surface area contributed by atoms with E-state index < -0.39 is 0 Å². The van der Waals surface area contributed by atoms with Crippen molar-refractivity contribution < 1.29 is 9.59 Å². The Morgan fingerprint density at radius 3 is 2.43 bits per heavy atom. The van der Waals surface area contributed by atoms with Crippen molar-refractivity contribution in [1.82, 2.24) is 9.80 Å². The maximum atomic E-state index is 12.8. The minimum absolute atomic E-state index is 0.00292. The lowest BCUT2D eigenvalue weighted by Gasteiger charge is -2.33. The first-order valence-electron chi connectivity index (χ1n) is 7.77.